The number of nitrogens with zero attached hydrogens (tertiary/aromatic N) is 4. The summed E-state index contributed by atoms with van der Waals surface area (Å²) in [6.45, 7) is 4.56. The van der Waals surface area contributed by atoms with Crippen LogP contribution >= 0.6 is 0 Å². The molecule has 6 heteroatoms. The van der Waals surface area contributed by atoms with E-state index in [-0.39, 0.29) is 11.6 Å². The van der Waals surface area contributed by atoms with E-state index in [4.69, 9.17) is 4.98 Å². The second kappa shape index (κ2) is 8.30. The zero-order valence-corrected chi connectivity index (χ0v) is 17.2. The molecule has 3 aromatic heterocycles. The van der Waals surface area contributed by atoms with Crippen molar-refractivity contribution in [3.8, 4) is 33.5 Å². The van der Waals surface area contributed by atoms with Crippen LogP contribution in [0.5, 0.6) is 0 Å². The number of pyridine rings is 2. The normalized spacial score (nSPS) is 11.2. The fourth-order valence-corrected chi connectivity index (χ4v) is 3.89. The number of hydrogen-bond donors (Lipinski definition) is 0. The van der Waals surface area contributed by atoms with Gasteiger partial charge in [0.15, 0.2) is 5.65 Å². The maximum absolute atomic E-state index is 13.7. The van der Waals surface area contributed by atoms with Crippen molar-refractivity contribution in [3.05, 3.63) is 97.8 Å². The molecule has 0 atom stereocenters. The molecule has 0 saturated carbocycles. The quantitative estimate of drug-likeness (QED) is 0.330. The molecule has 2 aromatic carbocycles. The Morgan fingerprint density at radius 3 is 1.97 bits per heavy atom. The molecule has 0 unspecified atom stereocenters. The van der Waals surface area contributed by atoms with Crippen molar-refractivity contribution < 1.29 is 8.78 Å². The second-order valence-corrected chi connectivity index (χ2v) is 7.44. The fraction of sp³-hybridized carbons (Fsp3) is 0.0769. The Hall–Kier alpha value is -3.93. The van der Waals surface area contributed by atoms with Gasteiger partial charge in [-0.25, -0.2) is 13.8 Å². The van der Waals surface area contributed by atoms with Gasteiger partial charge in [-0.05, 0) is 66.1 Å². The molecule has 0 aliphatic carbocycles. The first-order valence-electron chi connectivity index (χ1n) is 10.3. The van der Waals surface area contributed by atoms with Gasteiger partial charge in [-0.15, -0.1) is 0 Å². The highest BCUT2D eigenvalue weighted by molar-refractivity contribution is 6.05. The number of rotatable bonds is 5. The Morgan fingerprint density at radius 2 is 1.34 bits per heavy atom. The van der Waals surface area contributed by atoms with E-state index in [2.05, 4.69) is 17.0 Å². The van der Waals surface area contributed by atoms with E-state index in [9.17, 15) is 8.78 Å². The summed E-state index contributed by atoms with van der Waals surface area (Å²) < 4.78 is 29.2. The van der Waals surface area contributed by atoms with E-state index in [0.29, 0.717) is 24.3 Å². The lowest BCUT2D eigenvalue weighted by Crippen LogP contribution is -1.97. The van der Waals surface area contributed by atoms with Crippen molar-refractivity contribution in [3.63, 3.8) is 0 Å². The van der Waals surface area contributed by atoms with Crippen molar-refractivity contribution in [1.82, 2.24) is 19.7 Å². The molecule has 0 N–H and O–H groups in total. The smallest absolute Gasteiger partial charge is 0.182 e. The maximum Gasteiger partial charge on any atom is 0.182 e. The van der Waals surface area contributed by atoms with Crippen LogP contribution in [0, 0.1) is 18.6 Å². The van der Waals surface area contributed by atoms with Crippen LogP contribution in [0.15, 0.2) is 79.3 Å². The van der Waals surface area contributed by atoms with Gasteiger partial charge >= 0.3 is 0 Å². The molecule has 0 amide bonds. The van der Waals surface area contributed by atoms with E-state index < -0.39 is 0 Å². The number of hydrogen-bond acceptors (Lipinski definition) is 3. The molecule has 1 radical (unpaired) electrons. The highest BCUT2D eigenvalue weighted by Crippen LogP contribution is 2.42. The third-order valence-electron chi connectivity index (χ3n) is 5.32. The standard InChI is InChI=1S/C26H19F2N4/c1-2-15-32-16-22-23(17-3-7-20(27)8-4-17)24(18-11-13-29-14-12-18)25(30-26(22)31-32)19-5-9-21(28)10-6-19/h3-14,16H,1-2,15H2. The van der Waals surface area contributed by atoms with Gasteiger partial charge in [0.2, 0.25) is 0 Å². The fourth-order valence-electron chi connectivity index (χ4n) is 3.89. The number of halogens is 2. The van der Waals surface area contributed by atoms with Gasteiger partial charge in [-0.3, -0.25) is 9.67 Å². The summed E-state index contributed by atoms with van der Waals surface area (Å²) in [4.78, 5) is 9.04. The molecular weight excluding hydrogens is 406 g/mol. The summed E-state index contributed by atoms with van der Waals surface area (Å²) in [6, 6.07) is 16.4. The van der Waals surface area contributed by atoms with E-state index in [1.54, 1.807) is 36.7 Å². The molecule has 0 fully saturated rings. The van der Waals surface area contributed by atoms with Crippen LogP contribution in [0.25, 0.3) is 44.5 Å². The van der Waals surface area contributed by atoms with Crippen LogP contribution < -0.4 is 0 Å². The summed E-state index contributed by atoms with van der Waals surface area (Å²) in [6.07, 6.45) is 6.07. The van der Waals surface area contributed by atoms with Crippen LogP contribution in [0.3, 0.4) is 0 Å². The van der Waals surface area contributed by atoms with Gasteiger partial charge in [0, 0.05) is 47.2 Å². The number of aromatic nitrogens is 4. The van der Waals surface area contributed by atoms with Gasteiger partial charge in [0.25, 0.3) is 0 Å². The third kappa shape index (κ3) is 3.64. The van der Waals surface area contributed by atoms with Crippen molar-refractivity contribution >= 4 is 11.0 Å². The Kier molecular flexibility index (Phi) is 5.19. The van der Waals surface area contributed by atoms with E-state index in [1.807, 2.05) is 23.0 Å². The van der Waals surface area contributed by atoms with Gasteiger partial charge < -0.3 is 0 Å². The first-order chi connectivity index (χ1) is 15.6. The molecule has 0 bridgehead atoms. The summed E-state index contributed by atoms with van der Waals surface area (Å²) in [5, 5.41) is 5.50. The van der Waals surface area contributed by atoms with E-state index in [0.717, 1.165) is 33.2 Å². The van der Waals surface area contributed by atoms with Crippen molar-refractivity contribution in [1.29, 1.82) is 0 Å². The molecule has 3 heterocycles. The highest BCUT2D eigenvalue weighted by atomic mass is 19.1. The molecule has 157 valence electrons. The minimum absolute atomic E-state index is 0.309. The molecule has 0 saturated heterocycles. The number of fused-ring (bicyclic) bond motifs is 1. The monoisotopic (exact) mass is 425 g/mol. The minimum Gasteiger partial charge on any atom is -0.270 e. The topological polar surface area (TPSA) is 43.6 Å². The van der Waals surface area contributed by atoms with Crippen LogP contribution in [0.4, 0.5) is 8.78 Å². The van der Waals surface area contributed by atoms with Crippen LogP contribution in [0.1, 0.15) is 6.42 Å². The lowest BCUT2D eigenvalue weighted by molar-refractivity contribution is 0.627. The third-order valence-corrected chi connectivity index (χ3v) is 5.32. The Morgan fingerprint density at radius 1 is 0.750 bits per heavy atom. The van der Waals surface area contributed by atoms with Crippen molar-refractivity contribution in [2.75, 3.05) is 0 Å². The van der Waals surface area contributed by atoms with E-state index >= 15 is 0 Å². The predicted octanol–water partition coefficient (Wildman–Crippen LogP) is 6.33. The molecule has 0 aliphatic rings. The zero-order valence-electron chi connectivity index (χ0n) is 17.2. The SMILES string of the molecule is [CH2]CCn1cc2c(-c3ccc(F)cc3)c(-c3ccncc3)c(-c3ccc(F)cc3)nc2n1. The molecule has 5 rings (SSSR count). The molecule has 4 nitrogen and oxygen atoms in total. The Balaban J connectivity index is 1.91. The average molecular weight is 425 g/mol. The van der Waals surface area contributed by atoms with Gasteiger partial charge in [0.1, 0.15) is 11.6 Å². The Labute approximate surface area is 184 Å². The van der Waals surface area contributed by atoms with Gasteiger partial charge in [-0.2, -0.15) is 5.10 Å². The number of aryl methyl sites for hydroxylation is 1. The Bertz CT molecular complexity index is 1380. The molecular formula is C26H19F2N4. The van der Waals surface area contributed by atoms with Crippen molar-refractivity contribution in [2.45, 2.75) is 13.0 Å². The largest absolute Gasteiger partial charge is 0.270 e. The first kappa shape index (κ1) is 20.0. The van der Waals surface area contributed by atoms with Crippen LogP contribution in [-0.2, 0) is 6.54 Å². The average Bonchev–Trinajstić information content (AvgIpc) is 3.22. The zero-order chi connectivity index (χ0) is 22.1. The molecule has 0 aliphatic heterocycles. The highest BCUT2D eigenvalue weighted by Gasteiger charge is 2.21. The molecule has 32 heavy (non-hydrogen) atoms. The predicted molar refractivity (Wildman–Crippen MR) is 122 cm³/mol. The van der Waals surface area contributed by atoms with Crippen LogP contribution in [0.2, 0.25) is 0 Å². The summed E-state index contributed by atoms with van der Waals surface area (Å²) in [5.74, 6) is -0.630. The number of benzene rings is 2. The first-order valence-corrected chi connectivity index (χ1v) is 10.3. The summed E-state index contributed by atoms with van der Waals surface area (Å²) in [5.41, 5.74) is 5.47. The summed E-state index contributed by atoms with van der Waals surface area (Å²) >= 11 is 0. The molecule has 5 aromatic rings. The second-order valence-electron chi connectivity index (χ2n) is 7.44. The lowest BCUT2D eigenvalue weighted by atomic mass is 9.90. The molecule has 0 spiro atoms. The lowest BCUT2D eigenvalue weighted by Gasteiger charge is -2.16. The van der Waals surface area contributed by atoms with Crippen LogP contribution in [-0.4, -0.2) is 19.7 Å². The summed E-state index contributed by atoms with van der Waals surface area (Å²) in [7, 11) is 0. The van der Waals surface area contributed by atoms with Gasteiger partial charge in [0.05, 0.1) is 5.69 Å². The minimum atomic E-state index is -0.321. The van der Waals surface area contributed by atoms with Crippen molar-refractivity contribution in [2.24, 2.45) is 0 Å². The maximum atomic E-state index is 13.7. The van der Waals surface area contributed by atoms with Gasteiger partial charge in [-0.1, -0.05) is 19.1 Å². The van der Waals surface area contributed by atoms with E-state index in [1.165, 1.54) is 24.3 Å².